The molecule has 11 heteroatoms. The topological polar surface area (TPSA) is 137 Å². The third-order valence-electron chi connectivity index (χ3n) is 4.58. The number of benzene rings is 1. The highest BCUT2D eigenvalue weighted by Gasteiger charge is 2.29. The third-order valence-corrected chi connectivity index (χ3v) is 5.45. The van der Waals surface area contributed by atoms with Gasteiger partial charge in [-0.25, -0.2) is 9.71 Å². The van der Waals surface area contributed by atoms with Gasteiger partial charge in [0.2, 0.25) is 0 Å². The maximum absolute atomic E-state index is 12.3. The van der Waals surface area contributed by atoms with Crippen LogP contribution in [0.15, 0.2) is 44.3 Å². The molecule has 10 nitrogen and oxygen atoms in total. The summed E-state index contributed by atoms with van der Waals surface area (Å²) >= 11 is 0. The van der Waals surface area contributed by atoms with E-state index in [1.54, 1.807) is 26.4 Å². The van der Waals surface area contributed by atoms with E-state index in [-0.39, 0.29) is 34.6 Å². The summed E-state index contributed by atoms with van der Waals surface area (Å²) in [7, 11) is -0.983. The minimum Gasteiger partial charge on any atom is -0.505 e. The lowest BCUT2D eigenvalue weighted by Gasteiger charge is -2.14. The van der Waals surface area contributed by atoms with E-state index in [4.69, 9.17) is 10.8 Å². The molecule has 0 saturated carbocycles. The number of aromatic hydroxyl groups is 1. The summed E-state index contributed by atoms with van der Waals surface area (Å²) < 4.78 is 35.4. The summed E-state index contributed by atoms with van der Waals surface area (Å²) in [6, 6.07) is 5.29. The molecule has 0 saturated heterocycles. The number of aliphatic imine (C=N–C) groups is 1. The molecular formula is C21H23N5O5S. The second kappa shape index (κ2) is 8.76. The van der Waals surface area contributed by atoms with Gasteiger partial charge in [0.05, 0.1) is 17.5 Å². The number of furan rings is 1. The number of nitrogens with one attached hydrogen (secondary N) is 2. The SMILES string of the molecule is C#CC(N=C1NS(=O)(=O)N=C1Nc1cccc(C(=O)N(C)C)c1O)c1cc(C(C)C)co1. The molecule has 1 unspecified atom stereocenters. The summed E-state index contributed by atoms with van der Waals surface area (Å²) in [5.41, 5.74) is 1.03. The lowest BCUT2D eigenvalue weighted by Crippen LogP contribution is -2.31. The highest BCUT2D eigenvalue weighted by Crippen LogP contribution is 2.29. The normalized spacial score (nSPS) is 16.9. The highest BCUT2D eigenvalue weighted by atomic mass is 32.2. The van der Waals surface area contributed by atoms with Gasteiger partial charge in [0.15, 0.2) is 23.5 Å². The Balaban J connectivity index is 1.96. The number of phenolic OH excluding ortho intramolecular Hbond substituents is 1. The lowest BCUT2D eigenvalue weighted by atomic mass is 10.1. The van der Waals surface area contributed by atoms with Crippen molar-refractivity contribution in [2.45, 2.75) is 25.8 Å². The summed E-state index contributed by atoms with van der Waals surface area (Å²) in [6.07, 6.45) is 7.17. The Bertz CT molecular complexity index is 1250. The minimum absolute atomic E-state index is 0.0335. The minimum atomic E-state index is -4.07. The fourth-order valence-corrected chi connectivity index (χ4v) is 3.65. The Hall–Kier alpha value is -3.78. The number of rotatable bonds is 5. The van der Waals surface area contributed by atoms with Crippen LogP contribution in [0.2, 0.25) is 0 Å². The Kier molecular flexibility index (Phi) is 6.27. The molecule has 1 aromatic carbocycles. The number of anilines is 1. The molecule has 1 aliphatic rings. The Morgan fingerprint density at radius 1 is 1.38 bits per heavy atom. The summed E-state index contributed by atoms with van der Waals surface area (Å²) in [5.74, 6) is 1.91. The number of phenols is 1. The Labute approximate surface area is 186 Å². The van der Waals surface area contributed by atoms with E-state index in [1.807, 2.05) is 13.8 Å². The maximum Gasteiger partial charge on any atom is 0.345 e. The molecule has 3 N–H and O–H groups in total. The highest BCUT2D eigenvalue weighted by molar-refractivity contribution is 7.89. The van der Waals surface area contributed by atoms with Gasteiger partial charge in [0.25, 0.3) is 5.91 Å². The van der Waals surface area contributed by atoms with E-state index >= 15 is 0 Å². The van der Waals surface area contributed by atoms with Gasteiger partial charge in [-0.1, -0.05) is 25.8 Å². The zero-order valence-electron chi connectivity index (χ0n) is 17.9. The number of nitrogens with zero attached hydrogens (tertiary/aromatic N) is 3. The number of carbonyl (C=O) groups is 1. The number of terminal acetylenes is 1. The smallest absolute Gasteiger partial charge is 0.345 e. The van der Waals surface area contributed by atoms with Gasteiger partial charge in [-0.2, -0.15) is 8.42 Å². The van der Waals surface area contributed by atoms with E-state index in [9.17, 15) is 18.3 Å². The van der Waals surface area contributed by atoms with Gasteiger partial charge >= 0.3 is 10.2 Å². The molecule has 3 rings (SSSR count). The fourth-order valence-electron chi connectivity index (χ4n) is 2.84. The fraction of sp³-hybridized carbons (Fsp3) is 0.286. The van der Waals surface area contributed by atoms with Crippen molar-refractivity contribution in [1.29, 1.82) is 0 Å². The Morgan fingerprint density at radius 2 is 2.09 bits per heavy atom. The van der Waals surface area contributed by atoms with Crippen LogP contribution in [0.5, 0.6) is 5.75 Å². The molecule has 2 heterocycles. The third kappa shape index (κ3) is 4.76. The number of hydrogen-bond donors (Lipinski definition) is 3. The summed E-state index contributed by atoms with van der Waals surface area (Å²) in [6.45, 7) is 3.99. The van der Waals surface area contributed by atoms with Crippen LogP contribution in [0.25, 0.3) is 0 Å². The predicted octanol–water partition coefficient (Wildman–Crippen LogP) is 2.24. The Morgan fingerprint density at radius 3 is 2.69 bits per heavy atom. The van der Waals surface area contributed by atoms with Gasteiger partial charge in [0, 0.05) is 14.1 Å². The van der Waals surface area contributed by atoms with E-state index in [2.05, 4.69) is 25.3 Å². The molecule has 2 aromatic rings. The van der Waals surface area contributed by atoms with Gasteiger partial charge in [-0.3, -0.25) is 4.79 Å². The van der Waals surface area contributed by atoms with E-state index in [1.165, 1.54) is 23.1 Å². The zero-order valence-corrected chi connectivity index (χ0v) is 18.8. The van der Waals surface area contributed by atoms with Crippen molar-refractivity contribution in [1.82, 2.24) is 9.62 Å². The van der Waals surface area contributed by atoms with Gasteiger partial charge in [0.1, 0.15) is 5.76 Å². The van der Waals surface area contributed by atoms with Crippen molar-refractivity contribution in [3.05, 3.63) is 47.4 Å². The molecule has 0 aliphatic carbocycles. The molecule has 0 radical (unpaired) electrons. The average Bonchev–Trinajstić information content (AvgIpc) is 3.31. The molecule has 0 fully saturated rings. The first kappa shape index (κ1) is 22.9. The van der Waals surface area contributed by atoms with Gasteiger partial charge < -0.3 is 19.7 Å². The van der Waals surface area contributed by atoms with Crippen molar-refractivity contribution in [2.24, 2.45) is 9.39 Å². The molecule has 32 heavy (non-hydrogen) atoms. The molecule has 0 spiro atoms. The molecule has 1 aliphatic heterocycles. The lowest BCUT2D eigenvalue weighted by molar-refractivity contribution is 0.0824. The quantitative estimate of drug-likeness (QED) is 0.465. The molecule has 0 bridgehead atoms. The van der Waals surface area contributed by atoms with E-state index in [0.29, 0.717) is 5.76 Å². The molecule has 1 amide bonds. The van der Waals surface area contributed by atoms with Crippen LogP contribution < -0.4 is 10.0 Å². The average molecular weight is 458 g/mol. The van der Waals surface area contributed by atoms with Crippen molar-refractivity contribution < 1.29 is 22.7 Å². The number of hydrogen-bond acceptors (Lipinski definition) is 7. The van der Waals surface area contributed by atoms with E-state index in [0.717, 1.165) is 5.56 Å². The van der Waals surface area contributed by atoms with Crippen LogP contribution in [-0.2, 0) is 10.2 Å². The first-order valence-electron chi connectivity index (χ1n) is 9.58. The number of carbonyl (C=O) groups excluding carboxylic acids is 1. The first-order chi connectivity index (χ1) is 15.0. The molecule has 1 aromatic heterocycles. The standard InChI is InChI=1S/C21H23N5O5S/c1-6-15(17-10-13(11-31-17)12(2)3)22-19-20(25-32(29,30)24-19)23-16-9-7-8-14(18(16)27)21(28)26(4)5/h1,7-12,15,27H,2-5H3,(H,22,24)(H,23,25). The molecular weight excluding hydrogens is 434 g/mol. The van der Waals surface area contributed by atoms with Crippen LogP contribution in [0, 0.1) is 12.3 Å². The van der Waals surface area contributed by atoms with Crippen LogP contribution in [-0.4, -0.2) is 50.1 Å². The zero-order chi connectivity index (χ0) is 23.6. The maximum atomic E-state index is 12.3. The van der Waals surface area contributed by atoms with Crippen molar-refractivity contribution in [3.8, 4) is 18.1 Å². The second-order valence-corrected chi connectivity index (χ2v) is 8.86. The number of amides is 1. The molecule has 1 atom stereocenters. The van der Waals surface area contributed by atoms with Gasteiger partial charge in [-0.05, 0) is 29.7 Å². The predicted molar refractivity (Wildman–Crippen MR) is 121 cm³/mol. The van der Waals surface area contributed by atoms with E-state index < -0.39 is 22.2 Å². The summed E-state index contributed by atoms with van der Waals surface area (Å²) in [4.78, 5) is 17.8. The first-order valence-corrected chi connectivity index (χ1v) is 11.0. The summed E-state index contributed by atoms with van der Waals surface area (Å²) in [5, 5.41) is 13.2. The molecule has 168 valence electrons. The number of amidine groups is 2. The van der Waals surface area contributed by atoms with Crippen molar-refractivity contribution in [3.63, 3.8) is 0 Å². The van der Waals surface area contributed by atoms with Crippen LogP contribution in [0.4, 0.5) is 5.69 Å². The van der Waals surface area contributed by atoms with Gasteiger partial charge in [-0.15, -0.1) is 10.8 Å². The van der Waals surface area contributed by atoms with Crippen LogP contribution in [0.3, 0.4) is 0 Å². The second-order valence-electron chi connectivity index (χ2n) is 7.53. The van der Waals surface area contributed by atoms with Crippen molar-refractivity contribution in [2.75, 3.05) is 19.4 Å². The van der Waals surface area contributed by atoms with Crippen LogP contribution in [0.1, 0.15) is 47.5 Å². The van der Waals surface area contributed by atoms with Crippen molar-refractivity contribution >= 4 is 33.5 Å². The van der Waals surface area contributed by atoms with Crippen LogP contribution >= 0.6 is 0 Å². The number of para-hydroxylation sites is 1. The monoisotopic (exact) mass is 457 g/mol. The largest absolute Gasteiger partial charge is 0.505 e.